The van der Waals surface area contributed by atoms with Crippen LogP contribution < -0.4 is 19.7 Å². The molecule has 33 heavy (non-hydrogen) atoms. The van der Waals surface area contributed by atoms with Crippen LogP contribution in [-0.2, 0) is 16.1 Å². The van der Waals surface area contributed by atoms with Gasteiger partial charge >= 0.3 is 0 Å². The van der Waals surface area contributed by atoms with Crippen LogP contribution in [-0.4, -0.2) is 26.0 Å². The molecule has 0 aliphatic carbocycles. The molecule has 6 nitrogen and oxygen atoms in total. The third-order valence-corrected chi connectivity index (χ3v) is 6.07. The predicted molar refractivity (Wildman–Crippen MR) is 127 cm³/mol. The first-order valence-corrected chi connectivity index (χ1v) is 11.0. The van der Waals surface area contributed by atoms with Crippen LogP contribution in [0, 0.1) is 5.92 Å². The minimum atomic E-state index is -0.404. The lowest BCUT2D eigenvalue weighted by atomic mass is 9.83. The molecule has 0 unspecified atom stereocenters. The van der Waals surface area contributed by atoms with E-state index in [0.29, 0.717) is 25.1 Å². The van der Waals surface area contributed by atoms with Crippen molar-refractivity contribution in [1.82, 2.24) is 5.32 Å². The van der Waals surface area contributed by atoms with E-state index in [-0.39, 0.29) is 17.7 Å². The summed E-state index contributed by atoms with van der Waals surface area (Å²) in [5, 5.41) is 3.07. The van der Waals surface area contributed by atoms with Crippen molar-refractivity contribution < 1.29 is 19.1 Å². The monoisotopic (exact) mass is 444 g/mol. The van der Waals surface area contributed by atoms with Gasteiger partial charge in [-0.2, -0.15) is 0 Å². The number of methoxy groups -OCH3 is 2. The van der Waals surface area contributed by atoms with Gasteiger partial charge in [0.05, 0.1) is 26.2 Å². The van der Waals surface area contributed by atoms with Crippen LogP contribution in [0.2, 0.25) is 0 Å². The molecule has 0 aromatic heterocycles. The molecule has 1 aliphatic rings. The molecule has 2 amide bonds. The van der Waals surface area contributed by atoms with Gasteiger partial charge in [0.15, 0.2) is 0 Å². The van der Waals surface area contributed by atoms with E-state index < -0.39 is 6.04 Å². The summed E-state index contributed by atoms with van der Waals surface area (Å²) in [6.45, 7) is 0.358. The third-order valence-electron chi connectivity index (χ3n) is 6.07. The highest BCUT2D eigenvalue weighted by Gasteiger charge is 2.41. The van der Waals surface area contributed by atoms with E-state index in [9.17, 15) is 9.59 Å². The Morgan fingerprint density at radius 2 is 1.64 bits per heavy atom. The van der Waals surface area contributed by atoms with Gasteiger partial charge in [-0.15, -0.1) is 0 Å². The fraction of sp³-hybridized carbons (Fsp3) is 0.259. The molecule has 3 aromatic carbocycles. The van der Waals surface area contributed by atoms with Crippen LogP contribution in [0.1, 0.15) is 30.0 Å². The summed E-state index contributed by atoms with van der Waals surface area (Å²) in [7, 11) is 3.22. The molecule has 1 heterocycles. The Labute approximate surface area is 194 Å². The number of carbonyl (C=O) groups excluding carboxylic acids is 2. The average molecular weight is 445 g/mol. The summed E-state index contributed by atoms with van der Waals surface area (Å²) in [5.41, 5.74) is 2.58. The molecule has 0 saturated carbocycles. The molecule has 2 atom stereocenters. The number of hydrogen-bond acceptors (Lipinski definition) is 4. The van der Waals surface area contributed by atoms with Crippen LogP contribution in [0.25, 0.3) is 0 Å². The lowest BCUT2D eigenvalue weighted by Crippen LogP contribution is -2.48. The number of piperidine rings is 1. The van der Waals surface area contributed by atoms with E-state index >= 15 is 0 Å². The minimum absolute atomic E-state index is 0.00259. The van der Waals surface area contributed by atoms with E-state index in [1.54, 1.807) is 19.1 Å². The van der Waals surface area contributed by atoms with Crippen molar-refractivity contribution in [3.8, 4) is 11.5 Å². The van der Waals surface area contributed by atoms with Crippen molar-refractivity contribution in [2.75, 3.05) is 19.1 Å². The van der Waals surface area contributed by atoms with Crippen LogP contribution in [0.5, 0.6) is 11.5 Å². The summed E-state index contributed by atoms with van der Waals surface area (Å²) < 4.78 is 10.7. The normalized spacial score (nSPS) is 18.0. The zero-order valence-corrected chi connectivity index (χ0v) is 18.9. The van der Waals surface area contributed by atoms with Gasteiger partial charge in [0.2, 0.25) is 11.8 Å². The van der Waals surface area contributed by atoms with Crippen molar-refractivity contribution in [3.05, 3.63) is 90.0 Å². The zero-order chi connectivity index (χ0) is 23.2. The molecule has 3 aromatic rings. The SMILES string of the molecule is COc1ccc(N2C(=O)CC[C@H](C(=O)NCc3ccccc3OC)[C@H]2c2ccccc2)cc1. The second kappa shape index (κ2) is 10.2. The lowest BCUT2D eigenvalue weighted by Gasteiger charge is -2.41. The van der Waals surface area contributed by atoms with Crippen molar-refractivity contribution in [1.29, 1.82) is 0 Å². The molecule has 0 radical (unpaired) electrons. The highest BCUT2D eigenvalue weighted by molar-refractivity contribution is 5.97. The Balaban J connectivity index is 1.64. The van der Waals surface area contributed by atoms with E-state index in [1.165, 1.54) is 0 Å². The summed E-state index contributed by atoms with van der Waals surface area (Å²) in [5.74, 6) is 0.979. The van der Waals surface area contributed by atoms with Crippen LogP contribution >= 0.6 is 0 Å². The average Bonchev–Trinajstić information content (AvgIpc) is 2.87. The lowest BCUT2D eigenvalue weighted by molar-refractivity contribution is -0.129. The van der Waals surface area contributed by atoms with E-state index in [2.05, 4.69) is 5.32 Å². The molecule has 0 bridgehead atoms. The molecule has 0 spiro atoms. The van der Waals surface area contributed by atoms with Crippen molar-refractivity contribution in [3.63, 3.8) is 0 Å². The number of hydrogen-bond donors (Lipinski definition) is 1. The van der Waals surface area contributed by atoms with Crippen LogP contribution in [0.3, 0.4) is 0 Å². The first-order chi connectivity index (χ1) is 16.1. The number of nitrogens with zero attached hydrogens (tertiary/aromatic N) is 1. The molecule has 1 saturated heterocycles. The van der Waals surface area contributed by atoms with Crippen molar-refractivity contribution in [2.45, 2.75) is 25.4 Å². The highest BCUT2D eigenvalue weighted by Crippen LogP contribution is 2.40. The van der Waals surface area contributed by atoms with E-state index in [1.807, 2.05) is 78.9 Å². The molecule has 1 fully saturated rings. The summed E-state index contributed by atoms with van der Waals surface area (Å²) in [6.07, 6.45) is 0.797. The predicted octanol–water partition coefficient (Wildman–Crippen LogP) is 4.50. The number of rotatable bonds is 7. The maximum atomic E-state index is 13.4. The Morgan fingerprint density at radius 3 is 2.33 bits per heavy atom. The Hall–Kier alpha value is -3.80. The molecule has 1 N–H and O–H groups in total. The van der Waals surface area contributed by atoms with Gasteiger partial charge in [-0.3, -0.25) is 9.59 Å². The second-order valence-corrected chi connectivity index (χ2v) is 7.99. The number of para-hydroxylation sites is 1. The quantitative estimate of drug-likeness (QED) is 0.583. The fourth-order valence-corrected chi connectivity index (χ4v) is 4.41. The van der Waals surface area contributed by atoms with E-state index in [4.69, 9.17) is 9.47 Å². The van der Waals surface area contributed by atoms with Gasteiger partial charge < -0.3 is 19.7 Å². The summed E-state index contributed by atoms with van der Waals surface area (Å²) in [6, 6.07) is 24.4. The number of benzene rings is 3. The number of anilines is 1. The van der Waals surface area contributed by atoms with Crippen molar-refractivity contribution in [2.24, 2.45) is 5.92 Å². The van der Waals surface area contributed by atoms with Crippen molar-refractivity contribution >= 4 is 17.5 Å². The number of nitrogens with one attached hydrogen (secondary N) is 1. The minimum Gasteiger partial charge on any atom is -0.497 e. The maximum absolute atomic E-state index is 13.4. The number of carbonyl (C=O) groups is 2. The molecule has 1 aliphatic heterocycles. The van der Waals surface area contributed by atoms with Gasteiger partial charge in [-0.05, 0) is 42.3 Å². The molecular formula is C27H28N2O4. The van der Waals surface area contributed by atoms with Gasteiger partial charge in [-0.1, -0.05) is 48.5 Å². The third kappa shape index (κ3) is 4.85. The smallest absolute Gasteiger partial charge is 0.227 e. The Bertz CT molecular complexity index is 1100. The summed E-state index contributed by atoms with van der Waals surface area (Å²) in [4.78, 5) is 28.3. The first-order valence-electron chi connectivity index (χ1n) is 11.0. The number of amides is 2. The van der Waals surface area contributed by atoms with E-state index in [0.717, 1.165) is 22.6 Å². The van der Waals surface area contributed by atoms with Gasteiger partial charge in [0, 0.05) is 24.2 Å². The fourth-order valence-electron chi connectivity index (χ4n) is 4.41. The Kier molecular flexibility index (Phi) is 6.93. The first kappa shape index (κ1) is 22.4. The standard InChI is InChI=1S/C27H28N2O4/c1-32-22-14-12-21(13-15-22)29-25(30)17-16-23(26(29)19-8-4-3-5-9-19)27(31)28-18-20-10-6-7-11-24(20)33-2/h3-15,23,26H,16-18H2,1-2H3,(H,28,31)/t23-,26+/m0/s1. The molecule has 6 heteroatoms. The highest BCUT2D eigenvalue weighted by atomic mass is 16.5. The Morgan fingerprint density at radius 1 is 0.939 bits per heavy atom. The molecule has 170 valence electrons. The number of ether oxygens (including phenoxy) is 2. The van der Waals surface area contributed by atoms with Gasteiger partial charge in [0.25, 0.3) is 0 Å². The van der Waals surface area contributed by atoms with Gasteiger partial charge in [0.1, 0.15) is 11.5 Å². The zero-order valence-electron chi connectivity index (χ0n) is 18.9. The molecule has 4 rings (SSSR count). The second-order valence-electron chi connectivity index (χ2n) is 7.99. The van der Waals surface area contributed by atoms with Crippen LogP contribution in [0.4, 0.5) is 5.69 Å². The largest absolute Gasteiger partial charge is 0.497 e. The summed E-state index contributed by atoms with van der Waals surface area (Å²) >= 11 is 0. The maximum Gasteiger partial charge on any atom is 0.227 e. The van der Waals surface area contributed by atoms with Crippen LogP contribution in [0.15, 0.2) is 78.9 Å². The topological polar surface area (TPSA) is 67.9 Å². The van der Waals surface area contributed by atoms with Gasteiger partial charge in [-0.25, -0.2) is 0 Å². The molecular weight excluding hydrogens is 416 g/mol.